The number of carbonyl (C=O) groups excluding carboxylic acids is 2. The highest BCUT2D eigenvalue weighted by Crippen LogP contribution is 2.24. The molecule has 0 heterocycles. The molecule has 0 aliphatic rings. The molecular weight excluding hydrogens is 444 g/mol. The van der Waals surface area contributed by atoms with Crippen molar-refractivity contribution in [1.82, 2.24) is 0 Å². The molecule has 33 heavy (non-hydrogen) atoms. The lowest BCUT2D eigenvalue weighted by molar-refractivity contribution is -0.119. The molecule has 1 N–H and O–H groups in total. The number of nitrogens with one attached hydrogen (secondary N) is 1. The molecule has 0 saturated heterocycles. The first-order chi connectivity index (χ1) is 15.9. The summed E-state index contributed by atoms with van der Waals surface area (Å²) in [7, 11) is -2.33. The van der Waals surface area contributed by atoms with Crippen LogP contribution in [0.1, 0.15) is 17.3 Å². The monoisotopic (exact) mass is 468 g/mol. The Hall–Kier alpha value is -3.85. The van der Waals surface area contributed by atoms with E-state index in [2.05, 4.69) is 5.32 Å². The summed E-state index contributed by atoms with van der Waals surface area (Å²) in [5, 5.41) is 2.61. The van der Waals surface area contributed by atoms with Gasteiger partial charge < -0.3 is 14.8 Å². The van der Waals surface area contributed by atoms with E-state index in [9.17, 15) is 18.0 Å². The summed E-state index contributed by atoms with van der Waals surface area (Å²) < 4.78 is 37.6. The van der Waals surface area contributed by atoms with Crippen molar-refractivity contribution in [2.75, 3.05) is 29.9 Å². The highest BCUT2D eigenvalue weighted by Gasteiger charge is 2.24. The van der Waals surface area contributed by atoms with Gasteiger partial charge in [0, 0.05) is 6.54 Å². The highest BCUT2D eigenvalue weighted by molar-refractivity contribution is 7.92. The van der Waals surface area contributed by atoms with E-state index in [0.29, 0.717) is 17.1 Å². The summed E-state index contributed by atoms with van der Waals surface area (Å²) in [6.45, 7) is 1.48. The maximum atomic E-state index is 13.0. The van der Waals surface area contributed by atoms with Crippen LogP contribution in [0.15, 0.2) is 83.8 Å². The molecule has 8 nitrogen and oxygen atoms in total. The summed E-state index contributed by atoms with van der Waals surface area (Å²) in [4.78, 5) is 24.5. The molecule has 172 valence electrons. The molecule has 3 rings (SSSR count). The smallest absolute Gasteiger partial charge is 0.338 e. The molecule has 3 aromatic carbocycles. The summed E-state index contributed by atoms with van der Waals surface area (Å²) in [6.07, 6.45) is 0. The van der Waals surface area contributed by atoms with Crippen LogP contribution in [0.2, 0.25) is 0 Å². The molecule has 0 bridgehead atoms. The summed E-state index contributed by atoms with van der Waals surface area (Å²) in [5.41, 5.74) is 1.13. The molecule has 1 amide bonds. The van der Waals surface area contributed by atoms with E-state index >= 15 is 0 Å². The Balaban J connectivity index is 1.64. The van der Waals surface area contributed by atoms with Gasteiger partial charge in [-0.05, 0) is 55.5 Å². The zero-order chi connectivity index (χ0) is 23.8. The van der Waals surface area contributed by atoms with Gasteiger partial charge in [-0.1, -0.05) is 30.3 Å². The van der Waals surface area contributed by atoms with Crippen LogP contribution in [0, 0.1) is 0 Å². The minimum Gasteiger partial charge on any atom is -0.495 e. The SMILES string of the molecule is CCN(c1ccccc1)S(=O)(=O)c1ccc(C(=O)OCC(=O)Nc2ccccc2OC)cc1. The summed E-state index contributed by atoms with van der Waals surface area (Å²) in [5.74, 6) is -0.802. The maximum absolute atomic E-state index is 13.0. The van der Waals surface area contributed by atoms with Gasteiger partial charge in [-0.25, -0.2) is 13.2 Å². The molecule has 0 fully saturated rings. The van der Waals surface area contributed by atoms with Crippen LogP contribution in [-0.4, -0.2) is 40.6 Å². The van der Waals surface area contributed by atoms with Gasteiger partial charge in [0.15, 0.2) is 6.61 Å². The Labute approximate surface area is 192 Å². The first-order valence-corrected chi connectivity index (χ1v) is 11.6. The Morgan fingerprint density at radius 3 is 2.18 bits per heavy atom. The van der Waals surface area contributed by atoms with Gasteiger partial charge in [-0.2, -0.15) is 0 Å². The van der Waals surface area contributed by atoms with Gasteiger partial charge in [0.2, 0.25) is 0 Å². The molecule has 0 aliphatic carbocycles. The van der Waals surface area contributed by atoms with Crippen molar-refractivity contribution in [2.45, 2.75) is 11.8 Å². The number of amides is 1. The second kappa shape index (κ2) is 10.6. The number of nitrogens with zero attached hydrogens (tertiary/aromatic N) is 1. The van der Waals surface area contributed by atoms with Crippen molar-refractivity contribution in [3.63, 3.8) is 0 Å². The van der Waals surface area contributed by atoms with E-state index in [1.54, 1.807) is 61.5 Å². The zero-order valence-corrected chi connectivity index (χ0v) is 19.0. The van der Waals surface area contributed by atoms with Crippen molar-refractivity contribution >= 4 is 33.3 Å². The predicted molar refractivity (Wildman–Crippen MR) is 125 cm³/mol. The third-order valence-corrected chi connectivity index (χ3v) is 6.64. The topological polar surface area (TPSA) is 102 Å². The van der Waals surface area contributed by atoms with Crippen molar-refractivity contribution < 1.29 is 27.5 Å². The number of carbonyl (C=O) groups is 2. The van der Waals surface area contributed by atoms with Crippen LogP contribution in [0.5, 0.6) is 5.75 Å². The number of ether oxygens (including phenoxy) is 2. The number of benzene rings is 3. The predicted octanol–water partition coefficient (Wildman–Crippen LogP) is 3.71. The number of methoxy groups -OCH3 is 1. The van der Waals surface area contributed by atoms with Gasteiger partial charge >= 0.3 is 5.97 Å². The van der Waals surface area contributed by atoms with Gasteiger partial charge in [0.05, 0.1) is 28.9 Å². The number of anilines is 2. The molecule has 0 atom stereocenters. The van der Waals surface area contributed by atoms with Crippen molar-refractivity contribution in [3.8, 4) is 5.75 Å². The molecule has 0 unspecified atom stereocenters. The number of rotatable bonds is 9. The Kier molecular flexibility index (Phi) is 7.68. The molecule has 0 aromatic heterocycles. The second-order valence-corrected chi connectivity index (χ2v) is 8.72. The molecule has 0 radical (unpaired) electrons. The first-order valence-electron chi connectivity index (χ1n) is 10.1. The number of esters is 1. The average molecular weight is 469 g/mol. The minimum absolute atomic E-state index is 0.0404. The third-order valence-electron chi connectivity index (χ3n) is 4.72. The van der Waals surface area contributed by atoms with Crippen LogP contribution in [0.25, 0.3) is 0 Å². The van der Waals surface area contributed by atoms with E-state index in [1.165, 1.54) is 35.7 Å². The van der Waals surface area contributed by atoms with E-state index in [1.807, 2.05) is 0 Å². The fraction of sp³-hybridized carbons (Fsp3) is 0.167. The van der Waals surface area contributed by atoms with E-state index in [0.717, 1.165) is 0 Å². The van der Waals surface area contributed by atoms with E-state index in [4.69, 9.17) is 9.47 Å². The number of para-hydroxylation sites is 3. The lowest BCUT2D eigenvalue weighted by Gasteiger charge is -2.22. The number of hydrogen-bond acceptors (Lipinski definition) is 6. The van der Waals surface area contributed by atoms with Crippen molar-refractivity contribution in [2.24, 2.45) is 0 Å². The summed E-state index contributed by atoms with van der Waals surface area (Å²) >= 11 is 0. The standard InChI is InChI=1S/C24H24N2O6S/c1-3-26(19-9-5-4-6-10-19)33(29,30)20-15-13-18(14-16-20)24(28)32-17-23(27)25-21-11-7-8-12-22(21)31-2/h4-16H,3,17H2,1-2H3,(H,25,27). The molecular formula is C24H24N2O6S. The lowest BCUT2D eigenvalue weighted by Crippen LogP contribution is -2.30. The van der Waals surface area contributed by atoms with Crippen LogP contribution in [-0.2, 0) is 19.6 Å². The quantitative estimate of drug-likeness (QED) is 0.481. The molecule has 0 saturated carbocycles. The molecule has 0 spiro atoms. The average Bonchev–Trinajstić information content (AvgIpc) is 2.84. The van der Waals surface area contributed by atoms with Gasteiger partial charge in [0.25, 0.3) is 15.9 Å². The van der Waals surface area contributed by atoms with Crippen LogP contribution in [0.4, 0.5) is 11.4 Å². The van der Waals surface area contributed by atoms with Gasteiger partial charge in [-0.15, -0.1) is 0 Å². The fourth-order valence-corrected chi connectivity index (χ4v) is 4.60. The molecule has 0 aliphatic heterocycles. The minimum atomic E-state index is -3.81. The largest absolute Gasteiger partial charge is 0.495 e. The molecule has 3 aromatic rings. The van der Waals surface area contributed by atoms with Crippen molar-refractivity contribution in [1.29, 1.82) is 0 Å². The second-order valence-electron chi connectivity index (χ2n) is 6.85. The zero-order valence-electron chi connectivity index (χ0n) is 18.2. The Bertz CT molecular complexity index is 1210. The maximum Gasteiger partial charge on any atom is 0.338 e. The molecule has 9 heteroatoms. The third kappa shape index (κ3) is 5.69. The van der Waals surface area contributed by atoms with Gasteiger partial charge in [0.1, 0.15) is 5.75 Å². The van der Waals surface area contributed by atoms with Crippen LogP contribution >= 0.6 is 0 Å². The van der Waals surface area contributed by atoms with Gasteiger partial charge in [-0.3, -0.25) is 9.10 Å². The van der Waals surface area contributed by atoms with E-state index in [-0.39, 0.29) is 17.0 Å². The normalized spacial score (nSPS) is 10.8. The van der Waals surface area contributed by atoms with Crippen molar-refractivity contribution in [3.05, 3.63) is 84.4 Å². The Morgan fingerprint density at radius 2 is 1.55 bits per heavy atom. The first kappa shape index (κ1) is 23.8. The van der Waals surface area contributed by atoms with Crippen LogP contribution in [0.3, 0.4) is 0 Å². The van der Waals surface area contributed by atoms with E-state index < -0.39 is 28.5 Å². The lowest BCUT2D eigenvalue weighted by atomic mass is 10.2. The number of sulfonamides is 1. The van der Waals surface area contributed by atoms with Crippen LogP contribution < -0.4 is 14.4 Å². The number of hydrogen-bond donors (Lipinski definition) is 1. The fourth-order valence-electron chi connectivity index (χ4n) is 3.12. The Morgan fingerprint density at radius 1 is 0.909 bits per heavy atom. The summed E-state index contributed by atoms with van der Waals surface area (Å²) in [6, 6.07) is 21.0. The highest BCUT2D eigenvalue weighted by atomic mass is 32.2.